The smallest absolute Gasteiger partial charge is 0.308 e. The molecule has 0 amide bonds. The molecule has 3 unspecified atom stereocenters. The van der Waals surface area contributed by atoms with Crippen LogP contribution in [0.5, 0.6) is 0 Å². The number of carboxylic acid groups (broad SMARTS) is 1. The summed E-state index contributed by atoms with van der Waals surface area (Å²) in [5.41, 5.74) is 0. The lowest BCUT2D eigenvalue weighted by atomic mass is 9.74. The SMILES string of the molecule is O=C(O)C1C2CC1N(Cc1cccs1)C2. The molecule has 2 saturated heterocycles. The van der Waals surface area contributed by atoms with E-state index in [1.54, 1.807) is 11.3 Å². The summed E-state index contributed by atoms with van der Waals surface area (Å²) in [6.07, 6.45) is 1.09. The summed E-state index contributed by atoms with van der Waals surface area (Å²) >= 11 is 1.75. The second kappa shape index (κ2) is 3.32. The van der Waals surface area contributed by atoms with Gasteiger partial charge in [-0.05, 0) is 23.8 Å². The van der Waals surface area contributed by atoms with Gasteiger partial charge in [-0.25, -0.2) is 0 Å². The van der Waals surface area contributed by atoms with Crippen molar-refractivity contribution in [3.8, 4) is 0 Å². The van der Waals surface area contributed by atoms with Gasteiger partial charge in [0.05, 0.1) is 5.92 Å². The van der Waals surface area contributed by atoms with Crippen LogP contribution in [0.4, 0.5) is 0 Å². The van der Waals surface area contributed by atoms with Gasteiger partial charge in [-0.1, -0.05) is 6.07 Å². The summed E-state index contributed by atoms with van der Waals surface area (Å²) in [4.78, 5) is 14.6. The van der Waals surface area contributed by atoms with Crippen molar-refractivity contribution in [1.29, 1.82) is 0 Å². The predicted molar refractivity (Wildman–Crippen MR) is 57.7 cm³/mol. The van der Waals surface area contributed by atoms with Crippen LogP contribution in [-0.2, 0) is 11.3 Å². The molecule has 0 spiro atoms. The lowest BCUT2D eigenvalue weighted by Gasteiger charge is -2.33. The van der Waals surface area contributed by atoms with Crippen LogP contribution in [0.25, 0.3) is 0 Å². The zero-order valence-corrected chi connectivity index (χ0v) is 9.11. The first-order valence-corrected chi connectivity index (χ1v) is 6.13. The molecule has 1 saturated carbocycles. The zero-order chi connectivity index (χ0) is 10.4. The second-order valence-corrected chi connectivity index (χ2v) is 5.47. The summed E-state index contributed by atoms with van der Waals surface area (Å²) in [5, 5.41) is 11.1. The van der Waals surface area contributed by atoms with Gasteiger partial charge < -0.3 is 5.11 Å². The summed E-state index contributed by atoms with van der Waals surface area (Å²) in [6, 6.07) is 4.47. The average molecular weight is 223 g/mol. The van der Waals surface area contributed by atoms with Crippen molar-refractivity contribution in [2.75, 3.05) is 6.54 Å². The van der Waals surface area contributed by atoms with Gasteiger partial charge in [-0.15, -0.1) is 11.3 Å². The Hall–Kier alpha value is -0.870. The van der Waals surface area contributed by atoms with E-state index in [0.717, 1.165) is 19.5 Å². The van der Waals surface area contributed by atoms with Crippen molar-refractivity contribution >= 4 is 17.3 Å². The molecule has 15 heavy (non-hydrogen) atoms. The van der Waals surface area contributed by atoms with Crippen molar-refractivity contribution in [2.24, 2.45) is 11.8 Å². The highest BCUT2D eigenvalue weighted by molar-refractivity contribution is 7.09. The summed E-state index contributed by atoms with van der Waals surface area (Å²) in [7, 11) is 0. The Morgan fingerprint density at radius 2 is 2.53 bits per heavy atom. The summed E-state index contributed by atoms with van der Waals surface area (Å²) < 4.78 is 0. The largest absolute Gasteiger partial charge is 0.481 e. The first-order chi connectivity index (χ1) is 7.25. The number of hydrogen-bond acceptors (Lipinski definition) is 3. The third-order valence-corrected chi connectivity index (χ3v) is 4.49. The minimum atomic E-state index is -0.607. The molecule has 0 aromatic carbocycles. The molecule has 3 fully saturated rings. The van der Waals surface area contributed by atoms with Crippen molar-refractivity contribution < 1.29 is 9.90 Å². The Bertz CT molecular complexity index is 376. The molecule has 3 atom stereocenters. The number of fused-ring (bicyclic) bond motifs is 1. The van der Waals surface area contributed by atoms with Gasteiger partial charge in [-0.2, -0.15) is 0 Å². The van der Waals surface area contributed by atoms with E-state index < -0.39 is 5.97 Å². The van der Waals surface area contributed by atoms with Crippen LogP contribution < -0.4 is 0 Å². The van der Waals surface area contributed by atoms with Gasteiger partial charge in [0, 0.05) is 24.0 Å². The molecule has 3 heterocycles. The van der Waals surface area contributed by atoms with Crippen LogP contribution in [-0.4, -0.2) is 28.6 Å². The van der Waals surface area contributed by atoms with E-state index in [1.165, 1.54) is 4.88 Å². The van der Waals surface area contributed by atoms with Crippen molar-refractivity contribution in [2.45, 2.75) is 19.0 Å². The lowest BCUT2D eigenvalue weighted by molar-refractivity contribution is -0.147. The first kappa shape index (κ1) is 9.36. The van der Waals surface area contributed by atoms with E-state index in [9.17, 15) is 4.79 Å². The number of rotatable bonds is 3. The van der Waals surface area contributed by atoms with Gasteiger partial charge in [0.2, 0.25) is 0 Å². The fraction of sp³-hybridized carbons (Fsp3) is 0.545. The summed E-state index contributed by atoms with van der Waals surface area (Å²) in [6.45, 7) is 1.90. The maximum absolute atomic E-state index is 11.0. The first-order valence-electron chi connectivity index (χ1n) is 5.25. The van der Waals surface area contributed by atoms with Crippen LogP contribution in [0.2, 0.25) is 0 Å². The van der Waals surface area contributed by atoms with E-state index in [1.807, 2.05) is 0 Å². The maximum atomic E-state index is 11.0. The van der Waals surface area contributed by atoms with E-state index in [4.69, 9.17) is 5.11 Å². The van der Waals surface area contributed by atoms with Gasteiger partial charge in [-0.3, -0.25) is 9.69 Å². The second-order valence-electron chi connectivity index (χ2n) is 4.44. The van der Waals surface area contributed by atoms with Gasteiger partial charge in [0.25, 0.3) is 0 Å². The van der Waals surface area contributed by atoms with Crippen LogP contribution in [0.15, 0.2) is 17.5 Å². The Kier molecular flexibility index (Phi) is 2.07. The molecule has 1 aromatic rings. The van der Waals surface area contributed by atoms with E-state index in [2.05, 4.69) is 22.4 Å². The Morgan fingerprint density at radius 1 is 1.67 bits per heavy atom. The van der Waals surface area contributed by atoms with E-state index >= 15 is 0 Å². The number of aliphatic carboxylic acids is 1. The molecule has 4 rings (SSSR count). The minimum absolute atomic E-state index is 0.0926. The highest BCUT2D eigenvalue weighted by Gasteiger charge is 2.55. The Morgan fingerprint density at radius 3 is 3.13 bits per heavy atom. The quantitative estimate of drug-likeness (QED) is 0.847. The molecule has 3 nitrogen and oxygen atoms in total. The lowest BCUT2D eigenvalue weighted by Crippen LogP contribution is -2.43. The zero-order valence-electron chi connectivity index (χ0n) is 8.30. The fourth-order valence-corrected chi connectivity index (χ4v) is 3.60. The molecule has 1 aliphatic carbocycles. The van der Waals surface area contributed by atoms with Crippen molar-refractivity contribution in [3.63, 3.8) is 0 Å². The summed E-state index contributed by atoms with van der Waals surface area (Å²) in [5.74, 6) is -0.289. The van der Waals surface area contributed by atoms with Crippen LogP contribution >= 0.6 is 11.3 Å². The van der Waals surface area contributed by atoms with Gasteiger partial charge in [0.1, 0.15) is 0 Å². The molecule has 3 aliphatic rings. The fourth-order valence-electron chi connectivity index (χ4n) is 2.87. The third kappa shape index (κ3) is 1.40. The monoisotopic (exact) mass is 223 g/mol. The van der Waals surface area contributed by atoms with E-state index in [-0.39, 0.29) is 5.92 Å². The number of carboxylic acids is 1. The molecule has 2 aliphatic heterocycles. The van der Waals surface area contributed by atoms with Crippen molar-refractivity contribution in [3.05, 3.63) is 22.4 Å². The van der Waals surface area contributed by atoms with Crippen LogP contribution in [0.1, 0.15) is 11.3 Å². The molecule has 1 aromatic heterocycles. The molecular formula is C11H13NO2S. The Balaban J connectivity index is 1.69. The predicted octanol–water partition coefficient (Wildman–Crippen LogP) is 1.65. The molecule has 1 N–H and O–H groups in total. The van der Waals surface area contributed by atoms with Crippen LogP contribution in [0, 0.1) is 11.8 Å². The maximum Gasteiger partial charge on any atom is 0.308 e. The minimum Gasteiger partial charge on any atom is -0.481 e. The molecule has 80 valence electrons. The standard InChI is InChI=1S/C11H13NO2S/c13-11(14)10-7-4-9(10)12(5-7)6-8-2-1-3-15-8/h1-3,7,9-10H,4-6H2,(H,13,14). The van der Waals surface area contributed by atoms with Crippen LogP contribution in [0.3, 0.4) is 0 Å². The molecule has 4 heteroatoms. The Labute approximate surface area is 92.3 Å². The number of thiophene rings is 1. The number of nitrogens with zero attached hydrogens (tertiary/aromatic N) is 1. The van der Waals surface area contributed by atoms with Crippen molar-refractivity contribution in [1.82, 2.24) is 4.90 Å². The average Bonchev–Trinajstić information content (AvgIpc) is 2.77. The van der Waals surface area contributed by atoms with Gasteiger partial charge in [0.15, 0.2) is 0 Å². The van der Waals surface area contributed by atoms with E-state index in [0.29, 0.717) is 12.0 Å². The number of hydrogen-bond donors (Lipinski definition) is 1. The molecular weight excluding hydrogens is 210 g/mol. The normalized spacial score (nSPS) is 34.0. The topological polar surface area (TPSA) is 40.5 Å². The highest BCUT2D eigenvalue weighted by Crippen LogP contribution is 2.47. The van der Waals surface area contributed by atoms with Gasteiger partial charge >= 0.3 is 5.97 Å². The highest BCUT2D eigenvalue weighted by atomic mass is 32.1. The number of carbonyl (C=O) groups is 1. The molecule has 2 bridgehead atoms. The third-order valence-electron chi connectivity index (χ3n) is 3.63. The molecule has 0 radical (unpaired) electrons.